The first kappa shape index (κ1) is 25.6. The van der Waals surface area contributed by atoms with Gasteiger partial charge in [-0.15, -0.1) is 0 Å². The van der Waals surface area contributed by atoms with Gasteiger partial charge in [-0.05, 0) is 55.9 Å². The lowest BCUT2D eigenvalue weighted by Gasteiger charge is -2.30. The number of ketones is 1. The Balaban J connectivity index is 1.28. The lowest BCUT2D eigenvalue weighted by Crippen LogP contribution is -2.46. The third-order valence-electron chi connectivity index (χ3n) is 7.85. The molecule has 9 heteroatoms. The second kappa shape index (κ2) is 11.1. The fourth-order valence-corrected chi connectivity index (χ4v) is 5.23. The maximum atomic E-state index is 13.6. The number of aromatic nitrogens is 2. The lowest BCUT2D eigenvalue weighted by molar-refractivity contribution is -0.140. The molecule has 0 bridgehead atoms. The van der Waals surface area contributed by atoms with Gasteiger partial charge < -0.3 is 19.5 Å². The molecule has 9 nitrogen and oxygen atoms in total. The van der Waals surface area contributed by atoms with Gasteiger partial charge in [0.25, 0.3) is 5.89 Å². The number of amides is 2. The van der Waals surface area contributed by atoms with Crippen LogP contribution in [0.3, 0.4) is 0 Å². The van der Waals surface area contributed by atoms with Gasteiger partial charge in [-0.3, -0.25) is 14.4 Å². The molecule has 2 aromatic rings. The van der Waals surface area contributed by atoms with E-state index < -0.39 is 12.0 Å². The van der Waals surface area contributed by atoms with Gasteiger partial charge in [0, 0.05) is 31.3 Å². The molecule has 2 atom stereocenters. The number of carbonyl (C=O) groups is 3. The van der Waals surface area contributed by atoms with Crippen LogP contribution in [0.2, 0.25) is 0 Å². The second-order valence-electron chi connectivity index (χ2n) is 10.8. The minimum absolute atomic E-state index is 0.00597. The van der Waals surface area contributed by atoms with Crippen LogP contribution in [0.4, 0.5) is 0 Å². The standard InChI is InChI=1S/C28H36N4O5/c1-2-22(24(34)27-30-25(31-37-27)20-8-9-20)29-26(35)21(16-23(33)32-12-14-36-15-13-32)18-28(10-11-28)17-19-6-4-3-5-7-19/h3-7,20-22H,2,8-18H2,1H3,(H,29,35)/t21-,22-/m1/s1. The molecule has 5 rings (SSSR count). The highest BCUT2D eigenvalue weighted by molar-refractivity contribution is 5.99. The Kier molecular flexibility index (Phi) is 7.69. The van der Waals surface area contributed by atoms with Crippen LogP contribution in [0.1, 0.15) is 79.9 Å². The average molecular weight is 509 g/mol. The summed E-state index contributed by atoms with van der Waals surface area (Å²) in [4.78, 5) is 45.9. The van der Waals surface area contributed by atoms with Crippen LogP contribution >= 0.6 is 0 Å². The monoisotopic (exact) mass is 508 g/mol. The molecule has 3 aliphatic rings. The number of nitrogens with zero attached hydrogens (tertiary/aromatic N) is 3. The number of ether oxygens (including phenoxy) is 1. The second-order valence-corrected chi connectivity index (χ2v) is 10.8. The smallest absolute Gasteiger partial charge is 0.296 e. The number of benzene rings is 1. The summed E-state index contributed by atoms with van der Waals surface area (Å²) in [5, 5.41) is 6.87. The molecule has 1 aromatic heterocycles. The normalized spacial score (nSPS) is 20.2. The van der Waals surface area contributed by atoms with Crippen molar-refractivity contribution >= 4 is 17.6 Å². The summed E-state index contributed by atoms with van der Waals surface area (Å²) in [7, 11) is 0. The average Bonchev–Trinajstić information content (AvgIpc) is 3.86. The molecule has 2 aliphatic carbocycles. The van der Waals surface area contributed by atoms with Crippen molar-refractivity contribution < 1.29 is 23.6 Å². The molecule has 0 spiro atoms. The maximum Gasteiger partial charge on any atom is 0.296 e. The highest BCUT2D eigenvalue weighted by atomic mass is 16.5. The number of morpholine rings is 1. The van der Waals surface area contributed by atoms with Crippen molar-refractivity contribution in [1.29, 1.82) is 0 Å². The van der Waals surface area contributed by atoms with Crippen LogP contribution in [0.25, 0.3) is 0 Å². The molecule has 0 unspecified atom stereocenters. The van der Waals surface area contributed by atoms with E-state index in [4.69, 9.17) is 9.26 Å². The number of hydrogen-bond acceptors (Lipinski definition) is 7. The van der Waals surface area contributed by atoms with E-state index in [0.717, 1.165) is 32.1 Å². The Morgan fingerprint density at radius 1 is 1.14 bits per heavy atom. The summed E-state index contributed by atoms with van der Waals surface area (Å²) >= 11 is 0. The largest absolute Gasteiger partial charge is 0.378 e. The van der Waals surface area contributed by atoms with Crippen molar-refractivity contribution in [2.45, 2.75) is 70.3 Å². The van der Waals surface area contributed by atoms with Crippen molar-refractivity contribution in [2.75, 3.05) is 26.3 Å². The van der Waals surface area contributed by atoms with Crippen LogP contribution < -0.4 is 5.32 Å². The molecule has 0 radical (unpaired) electrons. The quantitative estimate of drug-likeness (QED) is 0.438. The van der Waals surface area contributed by atoms with Gasteiger partial charge in [-0.1, -0.05) is 42.4 Å². The zero-order valence-electron chi connectivity index (χ0n) is 21.5. The van der Waals surface area contributed by atoms with Gasteiger partial charge in [-0.25, -0.2) is 0 Å². The van der Waals surface area contributed by atoms with E-state index in [2.05, 4.69) is 27.6 Å². The van der Waals surface area contributed by atoms with Crippen molar-refractivity contribution in [3.05, 3.63) is 47.6 Å². The van der Waals surface area contributed by atoms with Crippen LogP contribution in [0.15, 0.2) is 34.9 Å². The number of rotatable bonds is 12. The lowest BCUT2D eigenvalue weighted by atomic mass is 9.84. The highest BCUT2D eigenvalue weighted by Crippen LogP contribution is 2.53. The van der Waals surface area contributed by atoms with Crippen molar-refractivity contribution in [1.82, 2.24) is 20.4 Å². The predicted octanol–water partition coefficient (Wildman–Crippen LogP) is 3.30. The number of Topliss-reactive ketones (excluding diaryl/α,β-unsaturated/α-hetero) is 1. The third kappa shape index (κ3) is 6.44. The molecule has 1 aromatic carbocycles. The molecule has 1 saturated heterocycles. The van der Waals surface area contributed by atoms with Crippen LogP contribution in [0.5, 0.6) is 0 Å². The first-order valence-electron chi connectivity index (χ1n) is 13.5. The van der Waals surface area contributed by atoms with Crippen LogP contribution in [-0.2, 0) is 20.7 Å². The van der Waals surface area contributed by atoms with E-state index in [1.807, 2.05) is 25.1 Å². The molecule has 2 saturated carbocycles. The molecular formula is C28H36N4O5. The van der Waals surface area contributed by atoms with Gasteiger partial charge in [0.1, 0.15) is 0 Å². The Morgan fingerprint density at radius 2 is 1.86 bits per heavy atom. The van der Waals surface area contributed by atoms with Crippen molar-refractivity contribution in [2.24, 2.45) is 11.3 Å². The van der Waals surface area contributed by atoms with Gasteiger partial charge in [0.15, 0.2) is 5.82 Å². The molecule has 198 valence electrons. The molecule has 37 heavy (non-hydrogen) atoms. The maximum absolute atomic E-state index is 13.6. The minimum Gasteiger partial charge on any atom is -0.378 e. The van der Waals surface area contributed by atoms with Crippen molar-refractivity contribution in [3.63, 3.8) is 0 Å². The third-order valence-corrected chi connectivity index (χ3v) is 7.85. The Morgan fingerprint density at radius 3 is 2.51 bits per heavy atom. The summed E-state index contributed by atoms with van der Waals surface area (Å²) in [5.74, 6) is -0.415. The van der Waals surface area contributed by atoms with E-state index in [0.29, 0.717) is 45.0 Å². The van der Waals surface area contributed by atoms with E-state index in [1.54, 1.807) is 4.90 Å². The minimum atomic E-state index is -0.773. The van der Waals surface area contributed by atoms with E-state index >= 15 is 0 Å². The summed E-state index contributed by atoms with van der Waals surface area (Å²) < 4.78 is 10.6. The number of hydrogen-bond donors (Lipinski definition) is 1. The van der Waals surface area contributed by atoms with E-state index in [-0.39, 0.29) is 41.2 Å². The Bertz CT molecular complexity index is 1100. The van der Waals surface area contributed by atoms with E-state index in [9.17, 15) is 14.4 Å². The topological polar surface area (TPSA) is 115 Å². The van der Waals surface area contributed by atoms with Crippen LogP contribution in [0, 0.1) is 11.3 Å². The molecule has 2 heterocycles. The summed E-state index contributed by atoms with van der Waals surface area (Å²) in [6.45, 7) is 3.95. The zero-order chi connectivity index (χ0) is 25.8. The summed E-state index contributed by atoms with van der Waals surface area (Å²) in [5.41, 5.74) is 1.24. The van der Waals surface area contributed by atoms with E-state index in [1.165, 1.54) is 5.56 Å². The number of nitrogens with one attached hydrogen (secondary N) is 1. The summed E-state index contributed by atoms with van der Waals surface area (Å²) in [6, 6.07) is 9.51. The SMILES string of the molecule is CC[C@@H](NC(=O)[C@H](CC(=O)N1CCOCC1)CC1(Cc2ccccc2)CC1)C(=O)c1nc(C2CC2)no1. The van der Waals surface area contributed by atoms with Gasteiger partial charge in [-0.2, -0.15) is 4.98 Å². The Hall–Kier alpha value is -3.07. The zero-order valence-corrected chi connectivity index (χ0v) is 21.5. The highest BCUT2D eigenvalue weighted by Gasteiger charge is 2.46. The first-order chi connectivity index (χ1) is 18.0. The first-order valence-corrected chi connectivity index (χ1v) is 13.5. The fraction of sp³-hybridized carbons (Fsp3) is 0.607. The number of carbonyl (C=O) groups excluding carboxylic acids is 3. The predicted molar refractivity (Wildman–Crippen MR) is 135 cm³/mol. The van der Waals surface area contributed by atoms with Gasteiger partial charge in [0.05, 0.1) is 19.3 Å². The molecular weight excluding hydrogens is 472 g/mol. The molecule has 1 aliphatic heterocycles. The van der Waals surface area contributed by atoms with Crippen molar-refractivity contribution in [3.8, 4) is 0 Å². The molecule has 2 amide bonds. The van der Waals surface area contributed by atoms with Gasteiger partial charge in [0.2, 0.25) is 17.6 Å². The van der Waals surface area contributed by atoms with Crippen LogP contribution in [-0.4, -0.2) is 65.0 Å². The Labute approximate surface area is 217 Å². The fourth-order valence-electron chi connectivity index (χ4n) is 5.23. The van der Waals surface area contributed by atoms with Gasteiger partial charge >= 0.3 is 0 Å². The molecule has 3 fully saturated rings. The molecule has 1 N–H and O–H groups in total. The summed E-state index contributed by atoms with van der Waals surface area (Å²) in [6.07, 6.45) is 6.07.